The SMILES string of the molecule is COc1ccc(NC(=O)C2=C(C)Nc3c(C(=O)Nc4cccc(C)c4)cnn3C2c2ccc(OC)cc2)cc1. The summed E-state index contributed by atoms with van der Waals surface area (Å²) in [6.07, 6.45) is 1.52. The lowest BCUT2D eigenvalue weighted by molar-refractivity contribution is -0.113. The third-order valence-corrected chi connectivity index (χ3v) is 6.57. The number of hydrogen-bond donors (Lipinski definition) is 3. The number of hydrogen-bond acceptors (Lipinski definition) is 6. The van der Waals surface area contributed by atoms with E-state index in [1.54, 1.807) is 43.2 Å². The molecule has 39 heavy (non-hydrogen) atoms. The van der Waals surface area contributed by atoms with Gasteiger partial charge in [0, 0.05) is 17.1 Å². The molecule has 1 aromatic heterocycles. The maximum absolute atomic E-state index is 13.7. The minimum atomic E-state index is -0.592. The Hall–Kier alpha value is -5.05. The molecule has 0 spiro atoms. The summed E-state index contributed by atoms with van der Waals surface area (Å²) in [5.74, 6) is 1.28. The highest BCUT2D eigenvalue weighted by Gasteiger charge is 2.35. The van der Waals surface area contributed by atoms with Gasteiger partial charge in [-0.1, -0.05) is 24.3 Å². The Kier molecular flexibility index (Phi) is 7.05. The minimum absolute atomic E-state index is 0.294. The van der Waals surface area contributed by atoms with Crippen LogP contribution in [-0.2, 0) is 4.79 Å². The van der Waals surface area contributed by atoms with Gasteiger partial charge in [0.15, 0.2) is 0 Å². The van der Waals surface area contributed by atoms with Crippen LogP contribution in [0.2, 0.25) is 0 Å². The molecule has 0 radical (unpaired) electrons. The molecule has 0 saturated carbocycles. The summed E-state index contributed by atoms with van der Waals surface area (Å²) < 4.78 is 12.2. The summed E-state index contributed by atoms with van der Waals surface area (Å²) >= 11 is 0. The smallest absolute Gasteiger partial charge is 0.261 e. The fourth-order valence-corrected chi connectivity index (χ4v) is 4.60. The van der Waals surface area contributed by atoms with Crippen molar-refractivity contribution < 1.29 is 19.1 Å². The number of aromatic nitrogens is 2. The number of carbonyl (C=O) groups is 2. The Morgan fingerprint density at radius 2 is 1.49 bits per heavy atom. The Labute approximate surface area is 226 Å². The molecule has 5 rings (SSSR count). The molecular weight excluding hydrogens is 494 g/mol. The molecule has 0 aliphatic carbocycles. The van der Waals surface area contributed by atoms with Crippen molar-refractivity contribution in [3.8, 4) is 11.5 Å². The van der Waals surface area contributed by atoms with Crippen molar-refractivity contribution in [2.75, 3.05) is 30.2 Å². The Bertz CT molecular complexity index is 1560. The molecule has 9 heteroatoms. The van der Waals surface area contributed by atoms with Crippen LogP contribution in [-0.4, -0.2) is 35.8 Å². The predicted octanol–water partition coefficient (Wildman–Crippen LogP) is 5.39. The molecule has 3 aromatic carbocycles. The van der Waals surface area contributed by atoms with Gasteiger partial charge in [-0.3, -0.25) is 9.59 Å². The standard InChI is InChI=1S/C30H29N5O4/c1-18-6-5-7-22(16-18)34-29(36)25-17-31-35-27(20-8-12-23(38-3)13-9-20)26(19(2)32-28(25)35)30(37)33-21-10-14-24(39-4)15-11-21/h5-17,27,32H,1-4H3,(H,33,37)(H,34,36). The Morgan fingerprint density at radius 3 is 2.13 bits per heavy atom. The van der Waals surface area contributed by atoms with Crippen LogP contribution in [0, 0.1) is 6.92 Å². The van der Waals surface area contributed by atoms with Gasteiger partial charge >= 0.3 is 0 Å². The summed E-state index contributed by atoms with van der Waals surface area (Å²) in [6, 6.07) is 21.5. The molecule has 0 bridgehead atoms. The van der Waals surface area contributed by atoms with Gasteiger partial charge in [-0.25, -0.2) is 4.68 Å². The number of benzene rings is 3. The minimum Gasteiger partial charge on any atom is -0.497 e. The number of fused-ring (bicyclic) bond motifs is 1. The number of aryl methyl sites for hydroxylation is 1. The molecular formula is C30H29N5O4. The average Bonchev–Trinajstić information content (AvgIpc) is 3.36. The van der Waals surface area contributed by atoms with E-state index >= 15 is 0 Å². The van der Waals surface area contributed by atoms with E-state index in [9.17, 15) is 9.59 Å². The Morgan fingerprint density at radius 1 is 0.846 bits per heavy atom. The summed E-state index contributed by atoms with van der Waals surface area (Å²) in [5, 5.41) is 13.7. The first kappa shape index (κ1) is 25.6. The second kappa shape index (κ2) is 10.7. The molecule has 1 aliphatic rings. The monoisotopic (exact) mass is 523 g/mol. The summed E-state index contributed by atoms with van der Waals surface area (Å²) in [6.45, 7) is 3.78. The fraction of sp³-hybridized carbons (Fsp3) is 0.167. The molecule has 1 unspecified atom stereocenters. The van der Waals surface area contributed by atoms with E-state index in [0.29, 0.717) is 45.5 Å². The molecule has 0 fully saturated rings. The van der Waals surface area contributed by atoms with Crippen molar-refractivity contribution in [2.45, 2.75) is 19.9 Å². The zero-order chi connectivity index (χ0) is 27.5. The van der Waals surface area contributed by atoms with E-state index in [1.807, 2.05) is 62.4 Å². The van der Waals surface area contributed by atoms with E-state index in [4.69, 9.17) is 9.47 Å². The van der Waals surface area contributed by atoms with Gasteiger partial charge in [0.05, 0.1) is 26.0 Å². The first-order valence-electron chi connectivity index (χ1n) is 12.4. The zero-order valence-electron chi connectivity index (χ0n) is 22.1. The first-order valence-corrected chi connectivity index (χ1v) is 12.4. The number of ether oxygens (including phenoxy) is 2. The molecule has 2 amide bonds. The van der Waals surface area contributed by atoms with Gasteiger partial charge in [-0.15, -0.1) is 0 Å². The highest BCUT2D eigenvalue weighted by atomic mass is 16.5. The molecule has 4 aromatic rings. The second-order valence-electron chi connectivity index (χ2n) is 9.20. The van der Waals surface area contributed by atoms with Gasteiger partial charge in [-0.05, 0) is 73.5 Å². The number of nitrogens with one attached hydrogen (secondary N) is 3. The van der Waals surface area contributed by atoms with Crippen LogP contribution in [0.25, 0.3) is 0 Å². The number of nitrogens with zero attached hydrogens (tertiary/aromatic N) is 2. The third kappa shape index (κ3) is 5.19. The van der Waals surface area contributed by atoms with Crippen LogP contribution in [0.1, 0.15) is 34.5 Å². The van der Waals surface area contributed by atoms with Crippen molar-refractivity contribution in [1.82, 2.24) is 9.78 Å². The van der Waals surface area contributed by atoms with Gasteiger partial charge in [0.25, 0.3) is 11.8 Å². The highest BCUT2D eigenvalue weighted by molar-refractivity contribution is 6.09. The maximum Gasteiger partial charge on any atom is 0.261 e. The molecule has 1 atom stereocenters. The third-order valence-electron chi connectivity index (χ3n) is 6.57. The fourth-order valence-electron chi connectivity index (χ4n) is 4.60. The van der Waals surface area contributed by atoms with Gasteiger partial charge in [0.1, 0.15) is 28.9 Å². The summed E-state index contributed by atoms with van der Waals surface area (Å²) in [4.78, 5) is 27.0. The van der Waals surface area contributed by atoms with Crippen molar-refractivity contribution in [2.24, 2.45) is 0 Å². The summed E-state index contributed by atoms with van der Waals surface area (Å²) in [5.41, 5.74) is 4.61. The average molecular weight is 524 g/mol. The van der Waals surface area contributed by atoms with E-state index in [2.05, 4.69) is 21.0 Å². The highest BCUT2D eigenvalue weighted by Crippen LogP contribution is 2.38. The maximum atomic E-state index is 13.7. The normalized spacial score (nSPS) is 14.2. The van der Waals surface area contributed by atoms with Crippen LogP contribution in [0.3, 0.4) is 0 Å². The second-order valence-corrected chi connectivity index (χ2v) is 9.20. The number of amides is 2. The quantitative estimate of drug-likeness (QED) is 0.300. The Balaban J connectivity index is 1.52. The van der Waals surface area contributed by atoms with E-state index in [1.165, 1.54) is 6.20 Å². The summed E-state index contributed by atoms with van der Waals surface area (Å²) in [7, 11) is 3.19. The molecule has 198 valence electrons. The molecule has 1 aliphatic heterocycles. The number of carbonyl (C=O) groups excluding carboxylic acids is 2. The van der Waals surface area contributed by atoms with E-state index < -0.39 is 6.04 Å². The topological polar surface area (TPSA) is 107 Å². The van der Waals surface area contributed by atoms with Gasteiger partial charge in [-0.2, -0.15) is 5.10 Å². The molecule has 2 heterocycles. The van der Waals surface area contributed by atoms with Crippen molar-refractivity contribution in [3.63, 3.8) is 0 Å². The zero-order valence-corrected chi connectivity index (χ0v) is 22.1. The van der Waals surface area contributed by atoms with E-state index in [-0.39, 0.29) is 11.8 Å². The van der Waals surface area contributed by atoms with Gasteiger partial charge in [0.2, 0.25) is 0 Å². The number of allylic oxidation sites excluding steroid dienone is 1. The number of rotatable bonds is 7. The van der Waals surface area contributed by atoms with Crippen molar-refractivity contribution >= 4 is 29.0 Å². The lowest BCUT2D eigenvalue weighted by Crippen LogP contribution is -2.32. The lowest BCUT2D eigenvalue weighted by atomic mass is 9.94. The van der Waals surface area contributed by atoms with Crippen molar-refractivity contribution in [1.29, 1.82) is 0 Å². The van der Waals surface area contributed by atoms with Crippen LogP contribution in [0.4, 0.5) is 17.2 Å². The molecule has 9 nitrogen and oxygen atoms in total. The predicted molar refractivity (Wildman–Crippen MR) is 150 cm³/mol. The van der Waals surface area contributed by atoms with Crippen LogP contribution in [0.15, 0.2) is 90.3 Å². The van der Waals surface area contributed by atoms with E-state index in [0.717, 1.165) is 11.1 Å². The lowest BCUT2D eigenvalue weighted by Gasteiger charge is -2.30. The largest absolute Gasteiger partial charge is 0.497 e. The van der Waals surface area contributed by atoms with Crippen LogP contribution in [0.5, 0.6) is 11.5 Å². The number of methoxy groups -OCH3 is 2. The van der Waals surface area contributed by atoms with Crippen LogP contribution >= 0.6 is 0 Å². The van der Waals surface area contributed by atoms with Crippen molar-refractivity contribution in [3.05, 3.63) is 107 Å². The molecule has 0 saturated heterocycles. The molecule has 3 N–H and O–H groups in total. The van der Waals surface area contributed by atoms with Crippen LogP contribution < -0.4 is 25.4 Å². The first-order chi connectivity index (χ1) is 18.9. The number of anilines is 3. The van der Waals surface area contributed by atoms with Gasteiger partial charge < -0.3 is 25.4 Å².